The lowest BCUT2D eigenvalue weighted by molar-refractivity contribution is 0.669. The third kappa shape index (κ3) is 3.96. The normalized spacial score (nSPS) is 11.7. The van der Waals surface area contributed by atoms with Crippen molar-refractivity contribution in [1.29, 1.82) is 0 Å². The van der Waals surface area contributed by atoms with Crippen LogP contribution in [0.4, 0.5) is 0 Å². The van der Waals surface area contributed by atoms with Crippen molar-refractivity contribution in [2.75, 3.05) is 0 Å². The first-order chi connectivity index (χ1) is 21.3. The predicted octanol–water partition coefficient (Wildman–Crippen LogP) is 10.3. The number of nitrogens with zero attached hydrogens (tertiary/aromatic N) is 3. The summed E-state index contributed by atoms with van der Waals surface area (Å²) in [6.07, 6.45) is 0. The highest BCUT2D eigenvalue weighted by Gasteiger charge is 2.10. The van der Waals surface area contributed by atoms with Crippen molar-refractivity contribution < 1.29 is 4.42 Å². The van der Waals surface area contributed by atoms with Gasteiger partial charge in [-0.05, 0) is 68.7 Å². The molecule has 0 saturated heterocycles. The fourth-order valence-corrected chi connectivity index (χ4v) is 6.11. The molecule has 3 aromatic heterocycles. The lowest BCUT2D eigenvalue weighted by atomic mass is 10.0. The van der Waals surface area contributed by atoms with E-state index in [-0.39, 0.29) is 0 Å². The molecule has 10 bridgehead atoms. The van der Waals surface area contributed by atoms with Crippen molar-refractivity contribution >= 4 is 76.3 Å². The quantitative estimate of drug-likeness (QED) is 0.204. The number of rotatable bonds is 1. The van der Waals surface area contributed by atoms with Gasteiger partial charge in [0.15, 0.2) is 17.1 Å². The minimum absolute atomic E-state index is 0.636. The number of hydrogen-bond acceptors (Lipinski definition) is 4. The molecule has 0 aliphatic heterocycles. The minimum Gasteiger partial charge on any atom is -0.456 e. The van der Waals surface area contributed by atoms with Gasteiger partial charge >= 0.3 is 0 Å². The van der Waals surface area contributed by atoms with E-state index in [0.29, 0.717) is 17.1 Å². The van der Waals surface area contributed by atoms with Gasteiger partial charge in [0.2, 0.25) is 0 Å². The van der Waals surface area contributed by atoms with Gasteiger partial charge in [0, 0.05) is 27.1 Å². The molecule has 0 atom stereocenters. The van der Waals surface area contributed by atoms with Crippen LogP contribution in [0.2, 0.25) is 0 Å². The summed E-state index contributed by atoms with van der Waals surface area (Å²) in [7, 11) is 0. The van der Waals surface area contributed by atoms with E-state index in [2.05, 4.69) is 103 Å². The fraction of sp³-hybridized carbons (Fsp3) is 0. The lowest BCUT2D eigenvalue weighted by Crippen LogP contribution is -1.94. The maximum absolute atomic E-state index is 6.25. The van der Waals surface area contributed by atoms with Crippen molar-refractivity contribution in [3.8, 4) is 11.4 Å². The predicted molar refractivity (Wildman–Crippen MR) is 178 cm³/mol. The van der Waals surface area contributed by atoms with Crippen molar-refractivity contribution in [2.45, 2.75) is 0 Å². The van der Waals surface area contributed by atoms with Crippen LogP contribution in [0.15, 0.2) is 144 Å². The summed E-state index contributed by atoms with van der Waals surface area (Å²) < 4.78 is 6.25. The smallest absolute Gasteiger partial charge is 0.164 e. The maximum atomic E-state index is 6.25. The Kier molecular flexibility index (Phi) is 5.16. The summed E-state index contributed by atoms with van der Waals surface area (Å²) in [5.41, 5.74) is 3.99. The third-order valence-corrected chi connectivity index (χ3v) is 8.27. The van der Waals surface area contributed by atoms with E-state index in [0.717, 1.165) is 70.6 Å². The summed E-state index contributed by atoms with van der Waals surface area (Å²) in [5.74, 6) is 0.644. The first-order valence-corrected chi connectivity index (χ1v) is 14.4. The fourth-order valence-electron chi connectivity index (χ4n) is 6.11. The van der Waals surface area contributed by atoms with E-state index in [4.69, 9.17) is 19.4 Å². The Labute approximate surface area is 246 Å². The van der Waals surface area contributed by atoms with Crippen molar-refractivity contribution in [2.24, 2.45) is 0 Å². The van der Waals surface area contributed by atoms with Crippen LogP contribution in [0.1, 0.15) is 0 Å². The van der Waals surface area contributed by atoms with Gasteiger partial charge in [-0.25, -0.2) is 15.0 Å². The second kappa shape index (κ2) is 9.33. The number of hydrogen-bond donors (Lipinski definition) is 0. The molecule has 0 unspecified atom stereocenters. The Balaban J connectivity index is 1.54. The van der Waals surface area contributed by atoms with Crippen LogP contribution < -0.4 is 0 Å². The largest absolute Gasteiger partial charge is 0.456 e. The summed E-state index contributed by atoms with van der Waals surface area (Å²) in [5, 5.41) is 10.7. The summed E-state index contributed by atoms with van der Waals surface area (Å²) >= 11 is 0. The molecule has 0 radical (unpaired) electrons. The van der Waals surface area contributed by atoms with Gasteiger partial charge < -0.3 is 4.42 Å². The molecular formula is C39H23N3O. The average molecular weight is 550 g/mol. The van der Waals surface area contributed by atoms with Gasteiger partial charge in [0.05, 0.1) is 0 Å². The second-order valence-electron chi connectivity index (χ2n) is 10.9. The number of fused-ring (bicyclic) bond motifs is 14. The molecule has 43 heavy (non-hydrogen) atoms. The van der Waals surface area contributed by atoms with Crippen molar-refractivity contribution in [3.05, 3.63) is 140 Å². The van der Waals surface area contributed by atoms with Crippen molar-refractivity contribution in [1.82, 2.24) is 15.0 Å². The van der Waals surface area contributed by atoms with Crippen LogP contribution in [-0.4, -0.2) is 15.0 Å². The van der Waals surface area contributed by atoms with Crippen LogP contribution in [0.25, 0.3) is 87.7 Å². The van der Waals surface area contributed by atoms with Gasteiger partial charge in [0.1, 0.15) is 11.2 Å². The van der Waals surface area contributed by atoms with Crippen LogP contribution in [0.3, 0.4) is 0 Å². The molecule has 9 rings (SSSR count). The summed E-state index contributed by atoms with van der Waals surface area (Å²) in [6, 6.07) is 48.4. The lowest BCUT2D eigenvalue weighted by Gasteiger charge is -2.04. The highest BCUT2D eigenvalue weighted by atomic mass is 16.3. The van der Waals surface area contributed by atoms with E-state index >= 15 is 0 Å². The van der Waals surface area contributed by atoms with Crippen LogP contribution in [0, 0.1) is 0 Å². The molecule has 0 N–H and O–H groups in total. The molecule has 4 heteroatoms. The van der Waals surface area contributed by atoms with E-state index in [1.165, 1.54) is 0 Å². The SMILES string of the molecule is c1ccc(-c2nc3nc(n2)c2ccccc2c2cccc(c2)c2ccc4oc5ccc(cc5c4c2)c2cccc3c2)cc1. The van der Waals surface area contributed by atoms with Crippen LogP contribution in [0.5, 0.6) is 0 Å². The van der Waals surface area contributed by atoms with Crippen LogP contribution >= 0.6 is 0 Å². The molecule has 0 amide bonds. The molecule has 9 aromatic rings. The van der Waals surface area contributed by atoms with Crippen molar-refractivity contribution in [3.63, 3.8) is 0 Å². The third-order valence-electron chi connectivity index (χ3n) is 8.27. The highest BCUT2D eigenvalue weighted by molar-refractivity contribution is 6.11. The molecule has 0 saturated carbocycles. The Morgan fingerprint density at radius 3 is 1.63 bits per heavy atom. The zero-order chi connectivity index (χ0) is 28.3. The number of benzene rings is 6. The van der Waals surface area contributed by atoms with E-state index < -0.39 is 0 Å². The molecule has 3 heterocycles. The Morgan fingerprint density at radius 1 is 0.349 bits per heavy atom. The Hall–Kier alpha value is -5.87. The van der Waals surface area contributed by atoms with Gasteiger partial charge in [-0.15, -0.1) is 0 Å². The summed E-state index contributed by atoms with van der Waals surface area (Å²) in [4.78, 5) is 15.1. The Morgan fingerprint density at radius 2 is 0.907 bits per heavy atom. The van der Waals surface area contributed by atoms with E-state index in [1.54, 1.807) is 0 Å². The van der Waals surface area contributed by atoms with E-state index in [9.17, 15) is 0 Å². The molecule has 0 aliphatic rings. The first kappa shape index (κ1) is 23.8. The highest BCUT2D eigenvalue weighted by Crippen LogP contribution is 2.33. The molecule has 6 aromatic carbocycles. The molecule has 200 valence electrons. The minimum atomic E-state index is 0.636. The topological polar surface area (TPSA) is 51.8 Å². The van der Waals surface area contributed by atoms with Gasteiger partial charge in [-0.1, -0.05) is 103 Å². The first-order valence-electron chi connectivity index (χ1n) is 14.4. The van der Waals surface area contributed by atoms with Gasteiger partial charge in [-0.3, -0.25) is 0 Å². The standard InChI is InChI=1S/C39H23N3O/c1-2-8-24(9-3-1)37-40-38-30-13-7-11-26(21-30)28-17-19-36-34(23-28)33-22-27(16-18-35(33)43-36)25-10-6-12-29(20-25)31-14-4-5-15-32(31)39(41-37)42-38/h1-23H. The zero-order valence-corrected chi connectivity index (χ0v) is 23.0. The summed E-state index contributed by atoms with van der Waals surface area (Å²) in [6.45, 7) is 0. The monoisotopic (exact) mass is 549 g/mol. The number of furan rings is 1. The molecular weight excluding hydrogens is 526 g/mol. The van der Waals surface area contributed by atoms with E-state index in [1.807, 2.05) is 36.4 Å². The maximum Gasteiger partial charge on any atom is 0.164 e. The molecule has 0 aliphatic carbocycles. The molecule has 0 fully saturated rings. The van der Waals surface area contributed by atoms with Gasteiger partial charge in [-0.2, -0.15) is 0 Å². The molecule has 0 spiro atoms. The second-order valence-corrected chi connectivity index (χ2v) is 10.9. The zero-order valence-electron chi connectivity index (χ0n) is 23.0. The van der Waals surface area contributed by atoms with Crippen LogP contribution in [-0.2, 0) is 0 Å². The average Bonchev–Trinajstić information content (AvgIpc) is 3.45. The number of aromatic nitrogens is 3. The Bertz CT molecular complexity index is 2620. The molecule has 4 nitrogen and oxygen atoms in total. The van der Waals surface area contributed by atoms with Gasteiger partial charge in [0.25, 0.3) is 0 Å².